The number of fused-ring (bicyclic) bond motifs is 2. The van der Waals surface area contributed by atoms with E-state index in [4.69, 9.17) is 20.3 Å². The largest absolute Gasteiger partial charge is 0.457 e. The zero-order valence-corrected chi connectivity index (χ0v) is 13.1. The molecule has 1 aromatic heterocycles. The summed E-state index contributed by atoms with van der Waals surface area (Å²) < 4.78 is 11.5. The second kappa shape index (κ2) is 5.64. The van der Waals surface area contributed by atoms with Gasteiger partial charge in [0.25, 0.3) is 0 Å². The summed E-state index contributed by atoms with van der Waals surface area (Å²) in [6.07, 6.45) is 0. The van der Waals surface area contributed by atoms with Crippen molar-refractivity contribution in [2.75, 3.05) is 0 Å². The van der Waals surface area contributed by atoms with Crippen LogP contribution in [0.3, 0.4) is 0 Å². The van der Waals surface area contributed by atoms with Crippen molar-refractivity contribution in [3.63, 3.8) is 0 Å². The SMILES string of the molecule is Cc1cc(Oc2ccc3c(c2)COB3N)c2cc(C#N)ccc2n1. The molecule has 0 saturated heterocycles. The minimum Gasteiger partial charge on any atom is -0.457 e. The number of aryl methyl sites for hydroxylation is 1. The molecule has 0 aliphatic carbocycles. The van der Waals surface area contributed by atoms with Crippen LogP contribution in [0.4, 0.5) is 0 Å². The lowest BCUT2D eigenvalue weighted by atomic mass is 9.75. The smallest absolute Gasteiger partial charge is 0.413 e. The van der Waals surface area contributed by atoms with E-state index >= 15 is 0 Å². The van der Waals surface area contributed by atoms with Crippen LogP contribution in [0.1, 0.15) is 16.8 Å². The quantitative estimate of drug-likeness (QED) is 0.734. The van der Waals surface area contributed by atoms with Crippen molar-refractivity contribution in [2.24, 2.45) is 5.64 Å². The fraction of sp³-hybridized carbons (Fsp3) is 0.111. The van der Waals surface area contributed by atoms with Crippen LogP contribution in [0.2, 0.25) is 0 Å². The van der Waals surface area contributed by atoms with Gasteiger partial charge in [-0.1, -0.05) is 6.07 Å². The van der Waals surface area contributed by atoms with E-state index in [9.17, 15) is 0 Å². The molecule has 2 aromatic carbocycles. The Balaban J connectivity index is 1.78. The zero-order valence-electron chi connectivity index (χ0n) is 13.1. The first-order valence-electron chi connectivity index (χ1n) is 7.63. The third-order valence-electron chi connectivity index (χ3n) is 4.10. The third-order valence-corrected chi connectivity index (χ3v) is 4.10. The number of ether oxygens (including phenoxy) is 1. The van der Waals surface area contributed by atoms with Gasteiger partial charge < -0.3 is 15.0 Å². The minimum absolute atomic E-state index is 0.365. The first-order chi connectivity index (χ1) is 11.6. The Bertz CT molecular complexity index is 997. The Kier molecular flexibility index (Phi) is 3.45. The number of hydrogen-bond donors (Lipinski definition) is 1. The fourth-order valence-corrected chi connectivity index (χ4v) is 2.92. The summed E-state index contributed by atoms with van der Waals surface area (Å²) in [5.74, 6) is 1.39. The van der Waals surface area contributed by atoms with Crippen molar-refractivity contribution in [1.29, 1.82) is 5.26 Å². The summed E-state index contributed by atoms with van der Waals surface area (Å²) >= 11 is 0. The van der Waals surface area contributed by atoms with Gasteiger partial charge in [0.05, 0.1) is 23.8 Å². The molecule has 0 radical (unpaired) electrons. The monoisotopic (exact) mass is 315 g/mol. The molecule has 116 valence electrons. The van der Waals surface area contributed by atoms with E-state index in [1.54, 1.807) is 12.1 Å². The van der Waals surface area contributed by atoms with Crippen molar-refractivity contribution < 1.29 is 9.39 Å². The summed E-state index contributed by atoms with van der Waals surface area (Å²) in [5.41, 5.74) is 10.1. The van der Waals surface area contributed by atoms with Gasteiger partial charge in [-0.25, -0.2) is 0 Å². The fourth-order valence-electron chi connectivity index (χ4n) is 2.92. The van der Waals surface area contributed by atoms with Crippen LogP contribution in [-0.4, -0.2) is 12.0 Å². The van der Waals surface area contributed by atoms with Crippen LogP contribution >= 0.6 is 0 Å². The summed E-state index contributed by atoms with van der Waals surface area (Å²) in [5, 5.41) is 9.94. The molecule has 0 fully saturated rings. The molecule has 0 bridgehead atoms. The zero-order chi connectivity index (χ0) is 16.7. The van der Waals surface area contributed by atoms with Crippen molar-refractivity contribution in [3.05, 3.63) is 59.3 Å². The van der Waals surface area contributed by atoms with E-state index in [1.165, 1.54) is 0 Å². The van der Waals surface area contributed by atoms with Gasteiger partial charge in [-0.2, -0.15) is 5.26 Å². The van der Waals surface area contributed by atoms with Crippen molar-refractivity contribution >= 4 is 23.4 Å². The second-order valence-electron chi connectivity index (χ2n) is 5.80. The molecule has 5 nitrogen and oxygen atoms in total. The van der Waals surface area contributed by atoms with Gasteiger partial charge in [-0.05, 0) is 48.3 Å². The molecule has 2 N–H and O–H groups in total. The van der Waals surface area contributed by atoms with E-state index in [-0.39, 0.29) is 7.05 Å². The molecule has 24 heavy (non-hydrogen) atoms. The molecule has 0 amide bonds. The molecule has 6 heteroatoms. The molecule has 0 saturated carbocycles. The van der Waals surface area contributed by atoms with E-state index in [1.807, 2.05) is 37.3 Å². The number of rotatable bonds is 2. The van der Waals surface area contributed by atoms with E-state index in [2.05, 4.69) is 11.1 Å². The predicted octanol–water partition coefficient (Wildman–Crippen LogP) is 2.39. The first kappa shape index (κ1) is 14.7. The third kappa shape index (κ3) is 2.50. The minimum atomic E-state index is -0.365. The highest BCUT2D eigenvalue weighted by Crippen LogP contribution is 2.31. The maximum atomic E-state index is 9.13. The normalized spacial score (nSPS) is 13.0. The Morgan fingerprint density at radius 1 is 1.25 bits per heavy atom. The summed E-state index contributed by atoms with van der Waals surface area (Å²) in [6.45, 7) is 2.41. The number of nitrogens with zero attached hydrogens (tertiary/aromatic N) is 2. The van der Waals surface area contributed by atoms with Crippen molar-refractivity contribution in [3.8, 4) is 17.6 Å². The Morgan fingerprint density at radius 3 is 2.96 bits per heavy atom. The predicted molar refractivity (Wildman–Crippen MR) is 92.1 cm³/mol. The number of nitriles is 1. The average Bonchev–Trinajstić information content (AvgIpc) is 2.95. The number of nitrogens with two attached hydrogens (primary N) is 1. The lowest BCUT2D eigenvalue weighted by molar-refractivity contribution is 0.330. The average molecular weight is 315 g/mol. The van der Waals surface area contributed by atoms with Gasteiger partial charge in [0.1, 0.15) is 11.5 Å². The molecular weight excluding hydrogens is 301 g/mol. The van der Waals surface area contributed by atoms with Gasteiger partial charge in [-0.15, -0.1) is 0 Å². The topological polar surface area (TPSA) is 81.2 Å². The van der Waals surface area contributed by atoms with Gasteiger partial charge in [0, 0.05) is 17.1 Å². The van der Waals surface area contributed by atoms with Crippen LogP contribution in [0, 0.1) is 18.3 Å². The Labute approximate surface area is 139 Å². The molecule has 0 spiro atoms. The van der Waals surface area contributed by atoms with Gasteiger partial charge in [0.2, 0.25) is 0 Å². The van der Waals surface area contributed by atoms with Crippen LogP contribution in [-0.2, 0) is 11.3 Å². The van der Waals surface area contributed by atoms with Crippen LogP contribution < -0.4 is 15.8 Å². The highest BCUT2D eigenvalue weighted by atomic mass is 16.5. The summed E-state index contributed by atoms with van der Waals surface area (Å²) in [4.78, 5) is 4.50. The Morgan fingerprint density at radius 2 is 2.12 bits per heavy atom. The van der Waals surface area contributed by atoms with Crippen LogP contribution in [0.5, 0.6) is 11.5 Å². The second-order valence-corrected chi connectivity index (χ2v) is 5.80. The van der Waals surface area contributed by atoms with E-state index in [0.717, 1.165) is 27.6 Å². The maximum Gasteiger partial charge on any atom is 0.413 e. The highest BCUT2D eigenvalue weighted by molar-refractivity contribution is 6.65. The Hall–Kier alpha value is -2.88. The molecule has 4 rings (SSSR count). The molecule has 1 aliphatic rings. The summed E-state index contributed by atoms with van der Waals surface area (Å²) in [7, 11) is -0.365. The van der Waals surface area contributed by atoms with E-state index in [0.29, 0.717) is 23.7 Å². The lowest BCUT2D eigenvalue weighted by Gasteiger charge is -2.11. The van der Waals surface area contributed by atoms with Crippen molar-refractivity contribution in [2.45, 2.75) is 13.5 Å². The van der Waals surface area contributed by atoms with E-state index < -0.39 is 0 Å². The lowest BCUT2D eigenvalue weighted by Crippen LogP contribution is -2.38. The van der Waals surface area contributed by atoms with Gasteiger partial charge >= 0.3 is 7.05 Å². The molecular formula is C18H14BN3O2. The maximum absolute atomic E-state index is 9.13. The first-order valence-corrected chi connectivity index (χ1v) is 7.63. The standard InChI is InChI=1S/C18H14BN3O2/c1-11-6-18(15-7-12(9-20)2-5-17(15)22-11)24-14-3-4-16-13(8-14)10-23-19(16)21/h2-8H,10,21H2,1H3. The summed E-state index contributed by atoms with van der Waals surface area (Å²) in [6, 6.07) is 15.2. The molecule has 0 unspecified atom stereocenters. The highest BCUT2D eigenvalue weighted by Gasteiger charge is 2.25. The number of pyridine rings is 1. The van der Waals surface area contributed by atoms with Crippen LogP contribution in [0.25, 0.3) is 10.9 Å². The number of aromatic nitrogens is 1. The molecule has 2 heterocycles. The molecule has 0 atom stereocenters. The number of benzene rings is 2. The molecule has 1 aliphatic heterocycles. The van der Waals surface area contributed by atoms with Crippen LogP contribution in [0.15, 0.2) is 42.5 Å². The molecule has 3 aromatic rings. The van der Waals surface area contributed by atoms with Crippen molar-refractivity contribution in [1.82, 2.24) is 4.98 Å². The van der Waals surface area contributed by atoms with Gasteiger partial charge in [-0.3, -0.25) is 4.98 Å². The van der Waals surface area contributed by atoms with Gasteiger partial charge in [0.15, 0.2) is 0 Å². The number of hydrogen-bond acceptors (Lipinski definition) is 5.